The molecule has 2 aromatic carbocycles. The zero-order valence-electron chi connectivity index (χ0n) is 21.2. The first-order valence-electron chi connectivity index (χ1n) is 12.6. The molecule has 2 N–H and O–H groups in total. The summed E-state index contributed by atoms with van der Waals surface area (Å²) in [6, 6.07) is 9.49. The zero-order valence-corrected chi connectivity index (χ0v) is 22.0. The third-order valence-electron chi connectivity index (χ3n) is 7.38. The fourth-order valence-corrected chi connectivity index (χ4v) is 6.91. The smallest absolute Gasteiger partial charge is 0.326 e. The van der Waals surface area contributed by atoms with Crippen molar-refractivity contribution in [3.05, 3.63) is 53.6 Å². The number of methoxy groups -OCH3 is 2. The Balaban J connectivity index is 1.65. The van der Waals surface area contributed by atoms with Crippen LogP contribution in [0.5, 0.6) is 11.5 Å². The number of benzene rings is 2. The second kappa shape index (κ2) is 11.5. The summed E-state index contributed by atoms with van der Waals surface area (Å²) >= 11 is 0. The lowest BCUT2D eigenvalue weighted by Gasteiger charge is -2.36. The lowest BCUT2D eigenvalue weighted by Crippen LogP contribution is -2.55. The summed E-state index contributed by atoms with van der Waals surface area (Å²) in [7, 11) is -1.28. The van der Waals surface area contributed by atoms with E-state index in [0.717, 1.165) is 47.5 Å². The number of nitrogens with one attached hydrogen (secondary N) is 1. The maximum atomic E-state index is 13.8. The Morgan fingerprint density at radius 1 is 1.03 bits per heavy atom. The number of hydrogen-bond acceptors (Lipinski definition) is 6. The Labute approximate surface area is 217 Å². The molecule has 1 aliphatic heterocycles. The zero-order chi connectivity index (χ0) is 26.6. The first kappa shape index (κ1) is 26.9. The minimum absolute atomic E-state index is 0.00863. The van der Waals surface area contributed by atoms with Gasteiger partial charge in [-0.05, 0) is 42.0 Å². The van der Waals surface area contributed by atoms with Gasteiger partial charge >= 0.3 is 5.97 Å². The number of rotatable bonds is 9. The van der Waals surface area contributed by atoms with Gasteiger partial charge in [-0.1, -0.05) is 56.4 Å². The van der Waals surface area contributed by atoms with Crippen LogP contribution in [0.3, 0.4) is 0 Å². The molecule has 2 aromatic rings. The molecule has 2 aliphatic rings. The van der Waals surface area contributed by atoms with Gasteiger partial charge in [0.05, 0.1) is 19.1 Å². The minimum atomic E-state index is -4.15. The first-order chi connectivity index (χ1) is 17.7. The van der Waals surface area contributed by atoms with Crippen LogP contribution < -0.4 is 14.8 Å². The molecule has 0 bridgehead atoms. The summed E-state index contributed by atoms with van der Waals surface area (Å²) < 4.78 is 39.4. The monoisotopic (exact) mass is 530 g/mol. The largest absolute Gasteiger partial charge is 0.493 e. The van der Waals surface area contributed by atoms with E-state index in [2.05, 4.69) is 5.32 Å². The molecule has 10 heteroatoms. The van der Waals surface area contributed by atoms with Crippen molar-refractivity contribution in [1.82, 2.24) is 9.62 Å². The van der Waals surface area contributed by atoms with E-state index in [9.17, 15) is 23.1 Å². The van der Waals surface area contributed by atoms with Gasteiger partial charge in [0.15, 0.2) is 11.5 Å². The Morgan fingerprint density at radius 3 is 2.35 bits per heavy atom. The van der Waals surface area contributed by atoms with Gasteiger partial charge in [-0.2, -0.15) is 4.31 Å². The molecule has 1 saturated carbocycles. The van der Waals surface area contributed by atoms with E-state index < -0.39 is 34.0 Å². The van der Waals surface area contributed by atoms with Gasteiger partial charge in [-0.3, -0.25) is 4.79 Å². The van der Waals surface area contributed by atoms with E-state index >= 15 is 0 Å². The predicted molar refractivity (Wildman–Crippen MR) is 137 cm³/mol. The quantitative estimate of drug-likeness (QED) is 0.510. The molecule has 0 radical (unpaired) electrons. The summed E-state index contributed by atoms with van der Waals surface area (Å²) in [4.78, 5) is 25.6. The second-order valence-electron chi connectivity index (χ2n) is 9.69. The van der Waals surface area contributed by atoms with Crippen molar-refractivity contribution in [3.63, 3.8) is 0 Å². The molecule has 2 unspecified atom stereocenters. The van der Waals surface area contributed by atoms with Crippen LogP contribution in [0.4, 0.5) is 0 Å². The number of carbonyl (C=O) groups excluding carboxylic acids is 1. The van der Waals surface area contributed by atoms with Crippen LogP contribution in [0.15, 0.2) is 47.4 Å². The van der Waals surface area contributed by atoms with Gasteiger partial charge < -0.3 is 19.9 Å². The maximum absolute atomic E-state index is 13.8. The normalized spacial score (nSPS) is 19.5. The molecule has 4 rings (SSSR count). The Bertz CT molecular complexity index is 1240. The van der Waals surface area contributed by atoms with E-state index in [1.165, 1.54) is 32.4 Å². The molecule has 37 heavy (non-hydrogen) atoms. The average molecular weight is 531 g/mol. The van der Waals surface area contributed by atoms with Crippen molar-refractivity contribution in [3.8, 4) is 11.5 Å². The summed E-state index contributed by atoms with van der Waals surface area (Å²) in [5.74, 6) is -0.854. The summed E-state index contributed by atoms with van der Waals surface area (Å²) in [5, 5.41) is 12.5. The van der Waals surface area contributed by atoms with Crippen LogP contribution >= 0.6 is 0 Å². The number of aliphatic carboxylic acids is 1. The SMILES string of the molecule is COc1ccc(S(=O)(=O)N2Cc3ccccc3CC2C(=O)NC(CC2CCCCC2)C(=O)O)cc1OC. The number of fused-ring (bicyclic) bond motifs is 1. The summed E-state index contributed by atoms with van der Waals surface area (Å²) in [6.07, 6.45) is 5.62. The number of carbonyl (C=O) groups is 2. The molecule has 1 heterocycles. The van der Waals surface area contributed by atoms with Gasteiger partial charge in [0, 0.05) is 12.6 Å². The fraction of sp³-hybridized carbons (Fsp3) is 0.481. The highest BCUT2D eigenvalue weighted by Gasteiger charge is 2.41. The van der Waals surface area contributed by atoms with Crippen LogP contribution in [0.25, 0.3) is 0 Å². The molecular weight excluding hydrogens is 496 g/mol. The average Bonchev–Trinajstić information content (AvgIpc) is 2.91. The van der Waals surface area contributed by atoms with Gasteiger partial charge in [0.25, 0.3) is 0 Å². The lowest BCUT2D eigenvalue weighted by molar-refractivity contribution is -0.143. The highest BCUT2D eigenvalue weighted by Crippen LogP contribution is 2.34. The Kier molecular flexibility index (Phi) is 8.39. The molecule has 1 aliphatic carbocycles. The van der Waals surface area contributed by atoms with Crippen LogP contribution in [0, 0.1) is 5.92 Å². The van der Waals surface area contributed by atoms with Gasteiger partial charge in [-0.15, -0.1) is 0 Å². The maximum Gasteiger partial charge on any atom is 0.326 e. The van der Waals surface area contributed by atoms with Crippen LogP contribution in [0.2, 0.25) is 0 Å². The Hall–Kier alpha value is -3.11. The molecule has 9 nitrogen and oxygen atoms in total. The van der Waals surface area contributed by atoms with Crippen LogP contribution in [0.1, 0.15) is 49.7 Å². The van der Waals surface area contributed by atoms with Crippen molar-refractivity contribution in [2.75, 3.05) is 14.2 Å². The van der Waals surface area contributed by atoms with Crippen LogP contribution in [-0.4, -0.2) is 56.0 Å². The number of hydrogen-bond donors (Lipinski definition) is 2. The van der Waals surface area contributed by atoms with Gasteiger partial charge in [-0.25, -0.2) is 13.2 Å². The molecule has 0 saturated heterocycles. The molecule has 2 atom stereocenters. The second-order valence-corrected chi connectivity index (χ2v) is 11.6. The van der Waals surface area contributed by atoms with E-state index in [-0.39, 0.29) is 29.5 Å². The lowest BCUT2D eigenvalue weighted by atomic mass is 9.84. The number of sulfonamides is 1. The number of carboxylic acids is 1. The number of carboxylic acid groups (broad SMARTS) is 1. The van der Waals surface area contributed by atoms with Crippen LogP contribution in [-0.2, 0) is 32.6 Å². The summed E-state index contributed by atoms with van der Waals surface area (Å²) in [5.41, 5.74) is 1.66. The van der Waals surface area contributed by atoms with E-state index in [0.29, 0.717) is 12.2 Å². The van der Waals surface area contributed by atoms with Crippen molar-refractivity contribution in [1.29, 1.82) is 0 Å². The van der Waals surface area contributed by atoms with Crippen molar-refractivity contribution >= 4 is 21.9 Å². The third-order valence-corrected chi connectivity index (χ3v) is 9.23. The number of amides is 1. The molecule has 0 aromatic heterocycles. The van der Waals surface area contributed by atoms with Crippen molar-refractivity contribution in [2.24, 2.45) is 5.92 Å². The van der Waals surface area contributed by atoms with Gasteiger partial charge in [0.2, 0.25) is 15.9 Å². The van der Waals surface area contributed by atoms with Gasteiger partial charge in [0.1, 0.15) is 12.1 Å². The Morgan fingerprint density at radius 2 is 1.70 bits per heavy atom. The molecule has 0 spiro atoms. The molecule has 200 valence electrons. The van der Waals surface area contributed by atoms with E-state index in [1.54, 1.807) is 0 Å². The molecule has 1 fully saturated rings. The number of nitrogens with zero attached hydrogens (tertiary/aromatic N) is 1. The first-order valence-corrected chi connectivity index (χ1v) is 14.0. The fourth-order valence-electron chi connectivity index (χ4n) is 5.33. The minimum Gasteiger partial charge on any atom is -0.493 e. The summed E-state index contributed by atoms with van der Waals surface area (Å²) in [6.45, 7) is -0.00863. The van der Waals surface area contributed by atoms with Crippen molar-refractivity contribution < 1.29 is 32.6 Å². The molecular formula is C27H34N2O7S. The third kappa shape index (κ3) is 5.91. The number of ether oxygens (including phenoxy) is 2. The highest BCUT2D eigenvalue weighted by atomic mass is 32.2. The highest BCUT2D eigenvalue weighted by molar-refractivity contribution is 7.89. The van der Waals surface area contributed by atoms with Crippen molar-refractivity contribution in [2.45, 2.75) is 68.5 Å². The molecule has 1 amide bonds. The van der Waals surface area contributed by atoms with E-state index in [1.807, 2.05) is 24.3 Å². The predicted octanol–water partition coefficient (Wildman–Crippen LogP) is 3.36. The van der Waals surface area contributed by atoms with E-state index in [4.69, 9.17) is 9.47 Å². The topological polar surface area (TPSA) is 122 Å². The standard InChI is InChI=1S/C27H34N2O7S/c1-35-24-13-12-21(16-25(24)36-2)37(33,34)29-17-20-11-7-6-10-19(20)15-23(29)26(30)28-22(27(31)32)14-18-8-4-3-5-9-18/h6-7,10-13,16,18,22-23H,3-5,8-9,14-15,17H2,1-2H3,(H,28,30)(H,31,32).